The molecule has 17 heavy (non-hydrogen) atoms. The first kappa shape index (κ1) is 12.5. The Labute approximate surface area is 108 Å². The van der Waals surface area contributed by atoms with Crippen molar-refractivity contribution >= 4 is 22.9 Å². The summed E-state index contributed by atoms with van der Waals surface area (Å²) in [5, 5.41) is 0.753. The first-order chi connectivity index (χ1) is 7.86. The summed E-state index contributed by atoms with van der Waals surface area (Å²) in [5.74, 6) is 0. The standard InChI is InChI=1S/C14H19ClN2/c1-9-7-14(2,3)17(4)13-6-12(15)10(8-16)5-11(9)13/h5-7H,8,16H2,1-4H3. The molecule has 1 aliphatic heterocycles. The number of anilines is 1. The molecule has 2 N–H and O–H groups in total. The first-order valence-corrected chi connectivity index (χ1v) is 6.21. The molecule has 0 radical (unpaired) electrons. The maximum absolute atomic E-state index is 6.24. The third-order valence-corrected chi connectivity index (χ3v) is 3.96. The van der Waals surface area contributed by atoms with Gasteiger partial charge in [-0.2, -0.15) is 0 Å². The van der Waals surface area contributed by atoms with Crippen molar-refractivity contribution in [3.63, 3.8) is 0 Å². The number of allylic oxidation sites excluding steroid dienone is 1. The highest BCUT2D eigenvalue weighted by molar-refractivity contribution is 6.31. The Kier molecular flexibility index (Phi) is 2.96. The van der Waals surface area contributed by atoms with Gasteiger partial charge in [0.15, 0.2) is 0 Å². The van der Waals surface area contributed by atoms with Gasteiger partial charge in [0.05, 0.1) is 5.54 Å². The Bertz CT molecular complexity index is 489. The number of hydrogen-bond acceptors (Lipinski definition) is 2. The quantitative estimate of drug-likeness (QED) is 0.828. The fourth-order valence-electron chi connectivity index (χ4n) is 2.37. The fourth-order valence-corrected chi connectivity index (χ4v) is 2.61. The van der Waals surface area contributed by atoms with E-state index in [1.807, 2.05) is 6.07 Å². The summed E-state index contributed by atoms with van der Waals surface area (Å²) < 4.78 is 0. The number of nitrogens with two attached hydrogens (primary N) is 1. The smallest absolute Gasteiger partial charge is 0.0531 e. The Hall–Kier alpha value is -0.990. The van der Waals surface area contributed by atoms with Crippen LogP contribution in [0.1, 0.15) is 31.9 Å². The van der Waals surface area contributed by atoms with Gasteiger partial charge in [0, 0.05) is 29.9 Å². The second kappa shape index (κ2) is 4.04. The lowest BCUT2D eigenvalue weighted by atomic mass is 9.88. The molecule has 2 rings (SSSR count). The van der Waals surface area contributed by atoms with Crippen LogP contribution in [0.4, 0.5) is 5.69 Å². The van der Waals surface area contributed by atoms with Gasteiger partial charge in [-0.15, -0.1) is 0 Å². The molecule has 2 nitrogen and oxygen atoms in total. The van der Waals surface area contributed by atoms with Gasteiger partial charge in [0.2, 0.25) is 0 Å². The van der Waals surface area contributed by atoms with Crippen LogP contribution in [-0.4, -0.2) is 12.6 Å². The van der Waals surface area contributed by atoms with Crippen molar-refractivity contribution < 1.29 is 0 Å². The van der Waals surface area contributed by atoms with E-state index in [-0.39, 0.29) is 5.54 Å². The number of likely N-dealkylation sites (N-methyl/N-ethyl adjacent to an activating group) is 1. The van der Waals surface area contributed by atoms with Crippen molar-refractivity contribution in [1.82, 2.24) is 0 Å². The molecule has 3 heteroatoms. The lowest BCUT2D eigenvalue weighted by molar-refractivity contribution is 0.597. The topological polar surface area (TPSA) is 29.3 Å². The minimum Gasteiger partial charge on any atom is -0.365 e. The van der Waals surface area contributed by atoms with Crippen molar-refractivity contribution in [2.24, 2.45) is 5.73 Å². The minimum atomic E-state index is 0.0185. The van der Waals surface area contributed by atoms with Crippen molar-refractivity contribution in [3.8, 4) is 0 Å². The van der Waals surface area contributed by atoms with E-state index in [9.17, 15) is 0 Å². The molecule has 0 fully saturated rings. The molecule has 1 aromatic carbocycles. The molecule has 0 aromatic heterocycles. The highest BCUT2D eigenvalue weighted by Crippen LogP contribution is 2.40. The van der Waals surface area contributed by atoms with Crippen LogP contribution in [0.5, 0.6) is 0 Å². The third-order valence-electron chi connectivity index (χ3n) is 3.61. The zero-order valence-corrected chi connectivity index (χ0v) is 11.6. The van der Waals surface area contributed by atoms with Crippen molar-refractivity contribution in [2.75, 3.05) is 11.9 Å². The molecule has 0 amide bonds. The van der Waals surface area contributed by atoms with Crippen LogP contribution < -0.4 is 10.6 Å². The van der Waals surface area contributed by atoms with Crippen LogP contribution >= 0.6 is 11.6 Å². The first-order valence-electron chi connectivity index (χ1n) is 5.83. The molecular formula is C14H19ClN2. The van der Waals surface area contributed by atoms with Crippen LogP contribution in [0.25, 0.3) is 5.57 Å². The zero-order valence-electron chi connectivity index (χ0n) is 10.8. The number of benzene rings is 1. The summed E-state index contributed by atoms with van der Waals surface area (Å²) in [6, 6.07) is 4.13. The molecule has 0 spiro atoms. The average Bonchev–Trinajstić information content (AvgIpc) is 2.25. The predicted octanol–water partition coefficient (Wildman–Crippen LogP) is 3.43. The van der Waals surface area contributed by atoms with E-state index in [1.54, 1.807) is 0 Å². The molecule has 0 atom stereocenters. The largest absolute Gasteiger partial charge is 0.365 e. The average molecular weight is 251 g/mol. The number of fused-ring (bicyclic) bond motifs is 1. The highest BCUT2D eigenvalue weighted by Gasteiger charge is 2.28. The van der Waals surface area contributed by atoms with Crippen LogP contribution in [-0.2, 0) is 6.54 Å². The third kappa shape index (κ3) is 1.96. The van der Waals surface area contributed by atoms with E-state index in [0.717, 1.165) is 10.6 Å². The van der Waals surface area contributed by atoms with Gasteiger partial charge in [-0.25, -0.2) is 0 Å². The molecule has 0 bridgehead atoms. The van der Waals surface area contributed by atoms with Gasteiger partial charge in [0.1, 0.15) is 0 Å². The van der Waals surface area contributed by atoms with Gasteiger partial charge in [-0.3, -0.25) is 0 Å². The predicted molar refractivity (Wildman–Crippen MR) is 75.5 cm³/mol. The van der Waals surface area contributed by atoms with Gasteiger partial charge < -0.3 is 10.6 Å². The second-order valence-electron chi connectivity index (χ2n) is 5.20. The Morgan fingerprint density at radius 2 is 2.00 bits per heavy atom. The number of halogens is 1. The van der Waals surface area contributed by atoms with Gasteiger partial charge in [-0.1, -0.05) is 17.7 Å². The van der Waals surface area contributed by atoms with Crippen LogP contribution in [0, 0.1) is 0 Å². The van der Waals surface area contributed by atoms with Crippen LogP contribution in [0.15, 0.2) is 18.2 Å². The molecule has 92 valence electrons. The van der Waals surface area contributed by atoms with Gasteiger partial charge >= 0.3 is 0 Å². The summed E-state index contributed by atoms with van der Waals surface area (Å²) >= 11 is 6.24. The molecule has 0 saturated carbocycles. The molecule has 0 aliphatic carbocycles. The maximum Gasteiger partial charge on any atom is 0.0531 e. The molecule has 1 aliphatic rings. The molecule has 1 aromatic rings. The Morgan fingerprint density at radius 1 is 1.35 bits per heavy atom. The fraction of sp³-hybridized carbons (Fsp3) is 0.429. The van der Waals surface area contributed by atoms with E-state index >= 15 is 0 Å². The minimum absolute atomic E-state index is 0.0185. The number of hydrogen-bond donors (Lipinski definition) is 1. The second-order valence-corrected chi connectivity index (χ2v) is 5.61. The summed E-state index contributed by atoms with van der Waals surface area (Å²) in [4.78, 5) is 2.25. The lowest BCUT2D eigenvalue weighted by Crippen LogP contribution is -2.42. The van der Waals surface area contributed by atoms with Gasteiger partial charge in [0.25, 0.3) is 0 Å². The van der Waals surface area contributed by atoms with E-state index in [4.69, 9.17) is 17.3 Å². The maximum atomic E-state index is 6.24. The Balaban J connectivity index is 2.66. The summed E-state index contributed by atoms with van der Waals surface area (Å²) in [6.07, 6.45) is 2.28. The number of rotatable bonds is 1. The highest BCUT2D eigenvalue weighted by atomic mass is 35.5. The summed E-state index contributed by atoms with van der Waals surface area (Å²) in [6.45, 7) is 7.02. The van der Waals surface area contributed by atoms with E-state index in [2.05, 4.69) is 44.9 Å². The van der Waals surface area contributed by atoms with Crippen LogP contribution in [0.3, 0.4) is 0 Å². The molecule has 0 saturated heterocycles. The SMILES string of the molecule is CC1=CC(C)(C)N(C)c2cc(Cl)c(CN)cc21. The summed E-state index contributed by atoms with van der Waals surface area (Å²) in [7, 11) is 2.10. The zero-order chi connectivity index (χ0) is 12.8. The van der Waals surface area contributed by atoms with Gasteiger partial charge in [-0.05, 0) is 44.0 Å². The summed E-state index contributed by atoms with van der Waals surface area (Å²) in [5.41, 5.74) is 10.4. The van der Waals surface area contributed by atoms with Crippen molar-refractivity contribution in [2.45, 2.75) is 32.9 Å². The van der Waals surface area contributed by atoms with E-state index < -0.39 is 0 Å². The Morgan fingerprint density at radius 3 is 2.59 bits per heavy atom. The lowest BCUT2D eigenvalue weighted by Gasteiger charge is -2.41. The van der Waals surface area contributed by atoms with Crippen LogP contribution in [0.2, 0.25) is 5.02 Å². The van der Waals surface area contributed by atoms with E-state index in [1.165, 1.54) is 16.8 Å². The van der Waals surface area contributed by atoms with Crippen molar-refractivity contribution in [1.29, 1.82) is 0 Å². The van der Waals surface area contributed by atoms with Crippen molar-refractivity contribution in [3.05, 3.63) is 34.4 Å². The molecule has 1 heterocycles. The molecular weight excluding hydrogens is 232 g/mol. The monoisotopic (exact) mass is 250 g/mol. The normalized spacial score (nSPS) is 17.8. The molecule has 0 unspecified atom stereocenters. The number of nitrogens with zero attached hydrogens (tertiary/aromatic N) is 1. The van der Waals surface area contributed by atoms with E-state index in [0.29, 0.717) is 6.54 Å².